The number of alkyl halides is 3. The molecular formula is C36H33Br6N3O3. The average molecular weight is 1040 g/mol. The van der Waals surface area contributed by atoms with Crippen LogP contribution in [0.5, 0.6) is 17.6 Å². The Morgan fingerprint density at radius 1 is 0.458 bits per heavy atom. The number of fused-ring (bicyclic) bond motifs is 9. The summed E-state index contributed by atoms with van der Waals surface area (Å²) >= 11 is 10.5. The minimum Gasteiger partial charge on any atom is -1.00 e. The number of aromatic nitrogens is 3. The predicted molar refractivity (Wildman–Crippen MR) is 187 cm³/mol. The number of benzene rings is 3. The molecule has 0 saturated heterocycles. The van der Waals surface area contributed by atoms with Gasteiger partial charge in [0.25, 0.3) is 0 Å². The van der Waals surface area contributed by atoms with Gasteiger partial charge in [0.1, 0.15) is 0 Å². The number of aryl methyl sites for hydroxylation is 3. The van der Waals surface area contributed by atoms with Gasteiger partial charge in [0, 0.05) is 34.4 Å². The number of pyridine rings is 3. The zero-order valence-corrected chi connectivity index (χ0v) is 35.9. The summed E-state index contributed by atoms with van der Waals surface area (Å²) in [5, 5.41) is 4.19. The average Bonchev–Trinajstić information content (AvgIpc) is 3.73. The van der Waals surface area contributed by atoms with Crippen molar-refractivity contribution in [2.75, 3.05) is 0 Å². The van der Waals surface area contributed by atoms with E-state index in [1.807, 2.05) is 0 Å². The summed E-state index contributed by atoms with van der Waals surface area (Å²) < 4.78 is 23.7. The Balaban J connectivity index is 0.000000158. The molecule has 0 amide bonds. The maximum atomic E-state index is 5.68. The van der Waals surface area contributed by atoms with Crippen LogP contribution in [0.3, 0.4) is 0 Å². The van der Waals surface area contributed by atoms with Crippen LogP contribution < -0.4 is 78.9 Å². The van der Waals surface area contributed by atoms with Crippen LogP contribution in [0.1, 0.15) is 16.7 Å². The topological polar surface area (TPSA) is 39.3 Å². The molecule has 3 aliphatic heterocycles. The Bertz CT molecular complexity index is 1860. The van der Waals surface area contributed by atoms with Crippen molar-refractivity contribution in [3.63, 3.8) is 0 Å². The lowest BCUT2D eigenvalue weighted by atomic mass is 10.1. The van der Waals surface area contributed by atoms with Gasteiger partial charge < -0.3 is 65.2 Å². The van der Waals surface area contributed by atoms with Gasteiger partial charge in [-0.25, -0.2) is 0 Å². The molecule has 6 heterocycles. The third-order valence-electron chi connectivity index (χ3n) is 8.40. The van der Waals surface area contributed by atoms with Crippen LogP contribution in [-0.2, 0) is 19.6 Å². The second kappa shape index (κ2) is 16.5. The smallest absolute Gasteiger partial charge is 0.370 e. The molecule has 0 bridgehead atoms. The summed E-state index contributed by atoms with van der Waals surface area (Å²) in [5.41, 5.74) is 7.52. The highest BCUT2D eigenvalue weighted by atomic mass is 79.9. The molecule has 252 valence electrons. The van der Waals surface area contributed by atoms with Crippen molar-refractivity contribution in [2.24, 2.45) is 0 Å². The molecule has 6 nitrogen and oxygen atoms in total. The second-order valence-electron chi connectivity index (χ2n) is 11.5. The summed E-state index contributed by atoms with van der Waals surface area (Å²) in [4.78, 5) is 0. The number of hydrogen-bond acceptors (Lipinski definition) is 3. The van der Waals surface area contributed by atoms with Crippen LogP contribution >= 0.6 is 47.8 Å². The molecule has 0 spiro atoms. The molecule has 3 atom stereocenters. The lowest BCUT2D eigenvalue weighted by Crippen LogP contribution is -3.00. The van der Waals surface area contributed by atoms with Crippen molar-refractivity contribution in [3.8, 4) is 17.6 Å². The van der Waals surface area contributed by atoms with Crippen molar-refractivity contribution < 1.29 is 78.9 Å². The fraction of sp³-hybridized carbons (Fsp3) is 0.250. The van der Waals surface area contributed by atoms with Gasteiger partial charge in [0.15, 0.2) is 19.6 Å². The van der Waals surface area contributed by atoms with Crippen LogP contribution in [0.4, 0.5) is 0 Å². The lowest BCUT2D eigenvalue weighted by Gasteiger charge is -2.00. The molecule has 48 heavy (non-hydrogen) atoms. The highest BCUT2D eigenvalue weighted by Gasteiger charge is 2.33. The fourth-order valence-electron chi connectivity index (χ4n) is 6.30. The predicted octanol–water partition coefficient (Wildman–Crippen LogP) is -1.34. The van der Waals surface area contributed by atoms with Crippen molar-refractivity contribution in [1.29, 1.82) is 0 Å². The molecule has 3 aromatic carbocycles. The normalized spacial score (nSPS) is 17.8. The summed E-state index contributed by atoms with van der Waals surface area (Å²) in [6.45, 7) is 8.97. The Kier molecular flexibility index (Phi) is 13.4. The molecule has 3 aromatic heterocycles. The van der Waals surface area contributed by atoms with E-state index >= 15 is 0 Å². The first kappa shape index (κ1) is 39.0. The van der Waals surface area contributed by atoms with E-state index < -0.39 is 0 Å². The second-order valence-corrected chi connectivity index (χ2v) is 14.5. The first-order chi connectivity index (χ1) is 21.8. The van der Waals surface area contributed by atoms with Gasteiger partial charge in [-0.15, -0.1) is 0 Å². The summed E-state index contributed by atoms with van der Waals surface area (Å²) in [7, 11) is 0. The third-order valence-corrected chi connectivity index (χ3v) is 9.83. The third kappa shape index (κ3) is 7.73. The zero-order chi connectivity index (χ0) is 31.2. The Hall–Kier alpha value is -1.83. The minimum absolute atomic E-state index is 0. The summed E-state index contributed by atoms with van der Waals surface area (Å²) in [6, 6.07) is 31.6. The van der Waals surface area contributed by atoms with E-state index in [0.29, 0.717) is 0 Å². The van der Waals surface area contributed by atoms with Gasteiger partial charge in [-0.1, -0.05) is 36.4 Å². The molecule has 3 unspecified atom stereocenters. The van der Waals surface area contributed by atoms with E-state index in [1.165, 1.54) is 49.4 Å². The van der Waals surface area contributed by atoms with Crippen LogP contribution in [-0.4, -0.2) is 15.0 Å². The van der Waals surface area contributed by atoms with Gasteiger partial charge in [-0.3, -0.25) is 0 Å². The van der Waals surface area contributed by atoms with Crippen molar-refractivity contribution in [1.82, 2.24) is 0 Å². The highest BCUT2D eigenvalue weighted by Crippen LogP contribution is 2.27. The van der Waals surface area contributed by atoms with Crippen LogP contribution in [0.25, 0.3) is 32.7 Å². The standard InChI is InChI=1S/3C12H11BrNO.3BrH/c3*1-8-6-12-14(7-11(13)15-12)10-5-3-2-4-9(8)10;;;/h3*2-6,11H,7H2,1H3;3*1H/q3*+1;;;/p-3. The Morgan fingerprint density at radius 3 is 0.979 bits per heavy atom. The molecule has 0 N–H and O–H groups in total. The van der Waals surface area contributed by atoms with Gasteiger partial charge >= 0.3 is 17.6 Å². The van der Waals surface area contributed by atoms with E-state index in [1.54, 1.807) is 0 Å². The van der Waals surface area contributed by atoms with Crippen LogP contribution in [0.15, 0.2) is 91.0 Å². The van der Waals surface area contributed by atoms with E-state index in [9.17, 15) is 0 Å². The first-order valence-electron chi connectivity index (χ1n) is 15.0. The number of rotatable bonds is 0. The summed E-state index contributed by atoms with van der Waals surface area (Å²) in [5.74, 6) is 2.86. The molecule has 6 aromatic rings. The fourth-order valence-corrected chi connectivity index (χ4v) is 7.74. The number of halogens is 6. The monoisotopic (exact) mass is 1030 g/mol. The van der Waals surface area contributed by atoms with Gasteiger partial charge in [0.05, 0.1) is 18.2 Å². The first-order valence-corrected chi connectivity index (χ1v) is 17.7. The number of ether oxygens (including phenoxy) is 3. The van der Waals surface area contributed by atoms with Crippen molar-refractivity contribution in [2.45, 2.75) is 55.4 Å². The van der Waals surface area contributed by atoms with Crippen LogP contribution in [0, 0.1) is 20.8 Å². The maximum Gasteiger partial charge on any atom is 0.370 e. The molecule has 9 rings (SSSR count). The van der Waals surface area contributed by atoms with Crippen LogP contribution in [0.2, 0.25) is 0 Å². The molecular weight excluding hydrogens is 1000 g/mol. The van der Waals surface area contributed by atoms with E-state index in [-0.39, 0.29) is 66.0 Å². The Labute approximate surface area is 337 Å². The van der Waals surface area contributed by atoms with Gasteiger partial charge in [0.2, 0.25) is 31.6 Å². The SMILES string of the molecule is Cc1cc2[n+](c3ccccc13)CC(Br)O2.Cc1cc2[n+](c3ccccc13)CC(Br)O2.Cc1cc2[n+](c3ccccc13)CC(Br)O2.[Br-].[Br-].[Br-]. The van der Waals surface area contributed by atoms with E-state index in [2.05, 4.69) is 173 Å². The molecule has 0 fully saturated rings. The molecule has 0 saturated carbocycles. The van der Waals surface area contributed by atoms with E-state index in [4.69, 9.17) is 14.2 Å². The molecule has 0 radical (unpaired) electrons. The molecule has 3 aliphatic rings. The lowest BCUT2D eigenvalue weighted by molar-refractivity contribution is -0.654. The largest absolute Gasteiger partial charge is 1.00 e. The zero-order valence-electron chi connectivity index (χ0n) is 26.3. The quantitative estimate of drug-likeness (QED) is 0.140. The summed E-state index contributed by atoms with van der Waals surface area (Å²) in [6.07, 6.45) is 0. The van der Waals surface area contributed by atoms with Gasteiger partial charge in [-0.2, -0.15) is 13.7 Å². The van der Waals surface area contributed by atoms with E-state index in [0.717, 1.165) is 37.3 Å². The number of hydrogen-bond donors (Lipinski definition) is 0. The maximum absolute atomic E-state index is 5.68. The number of para-hydroxylation sites is 3. The minimum atomic E-state index is 0. The molecule has 0 aliphatic carbocycles. The van der Waals surface area contributed by atoms with Crippen molar-refractivity contribution in [3.05, 3.63) is 108 Å². The van der Waals surface area contributed by atoms with Gasteiger partial charge in [-0.05, 0) is 103 Å². The van der Waals surface area contributed by atoms with Crippen molar-refractivity contribution >= 4 is 80.5 Å². The highest BCUT2D eigenvalue weighted by molar-refractivity contribution is 9.09. The Morgan fingerprint density at radius 2 is 0.708 bits per heavy atom. The number of nitrogens with zero attached hydrogens (tertiary/aromatic N) is 3. The molecule has 12 heteroatoms.